The number of halogens is 3. The fraction of sp³-hybridized carbons (Fsp3) is 0.448. The number of fused-ring (bicyclic) bond motifs is 1. The quantitative estimate of drug-likeness (QED) is 0.346. The molecular weight excluding hydrogens is 493 g/mol. The van der Waals surface area contributed by atoms with Crippen molar-refractivity contribution < 1.29 is 22.6 Å². The summed E-state index contributed by atoms with van der Waals surface area (Å²) in [6.45, 7) is 9.56. The Balaban J connectivity index is 1.62. The van der Waals surface area contributed by atoms with E-state index in [1.54, 1.807) is 18.2 Å². The Morgan fingerprint density at radius 1 is 1.11 bits per heavy atom. The molecule has 0 saturated heterocycles. The number of likely N-dealkylation sites (N-methyl/N-ethyl adjacent to an activating group) is 1. The van der Waals surface area contributed by atoms with Crippen LogP contribution in [-0.4, -0.2) is 60.3 Å². The fourth-order valence-corrected chi connectivity index (χ4v) is 4.43. The van der Waals surface area contributed by atoms with Gasteiger partial charge in [-0.3, -0.25) is 0 Å². The van der Waals surface area contributed by atoms with E-state index in [1.165, 1.54) is 12.1 Å². The third-order valence-corrected chi connectivity index (χ3v) is 6.61. The lowest BCUT2D eigenvalue weighted by molar-refractivity contribution is 0.0960. The third-order valence-electron chi connectivity index (χ3n) is 6.61. The third kappa shape index (κ3) is 6.20. The highest BCUT2D eigenvalue weighted by Gasteiger charge is 2.36. The molecule has 1 aliphatic rings. The lowest BCUT2D eigenvalue weighted by Gasteiger charge is -2.44. The molecule has 9 heteroatoms. The smallest absolute Gasteiger partial charge is 0.179 e. The normalized spacial score (nSPS) is 15.3. The molecule has 3 aromatic rings. The minimum atomic E-state index is -0.670. The summed E-state index contributed by atoms with van der Waals surface area (Å²) >= 11 is 0. The Kier molecular flexibility index (Phi) is 8.16. The van der Waals surface area contributed by atoms with Crippen LogP contribution in [0.2, 0.25) is 0 Å². The van der Waals surface area contributed by atoms with E-state index in [0.717, 1.165) is 12.6 Å². The lowest BCUT2D eigenvalue weighted by Crippen LogP contribution is -2.50. The van der Waals surface area contributed by atoms with Crippen LogP contribution in [0.4, 0.5) is 18.9 Å². The molecule has 4 rings (SSSR count). The number of hydrogen-bond acceptors (Lipinski definition) is 6. The summed E-state index contributed by atoms with van der Waals surface area (Å²) in [5.41, 5.74) is 0.869. The summed E-state index contributed by atoms with van der Waals surface area (Å²) in [6, 6.07) is 7.73. The Hall–Kier alpha value is -3.33. The van der Waals surface area contributed by atoms with Gasteiger partial charge in [0, 0.05) is 24.6 Å². The van der Waals surface area contributed by atoms with Crippen LogP contribution in [0, 0.1) is 17.5 Å². The Bertz CT molecular complexity index is 1300. The zero-order chi connectivity index (χ0) is 27.6. The van der Waals surface area contributed by atoms with Crippen LogP contribution in [0.3, 0.4) is 0 Å². The average molecular weight is 529 g/mol. The second kappa shape index (κ2) is 11.2. The first-order valence-corrected chi connectivity index (χ1v) is 12.8. The molecule has 204 valence electrons. The monoisotopic (exact) mass is 528 g/mol. The molecule has 0 fully saturated rings. The number of ether oxygens (including phenoxy) is 2. The number of anilines is 1. The zero-order valence-electron chi connectivity index (χ0n) is 22.8. The number of aromatic nitrogens is 2. The van der Waals surface area contributed by atoms with Gasteiger partial charge in [0.2, 0.25) is 0 Å². The predicted octanol–water partition coefficient (Wildman–Crippen LogP) is 5.87. The molecule has 2 heterocycles. The van der Waals surface area contributed by atoms with Crippen LogP contribution >= 0.6 is 0 Å². The van der Waals surface area contributed by atoms with Crippen molar-refractivity contribution in [3.05, 3.63) is 65.4 Å². The molecule has 0 N–H and O–H groups in total. The summed E-state index contributed by atoms with van der Waals surface area (Å²) in [5.74, 6) is -1.13. The summed E-state index contributed by atoms with van der Waals surface area (Å²) < 4.78 is 56.3. The minimum absolute atomic E-state index is 0.0188. The predicted molar refractivity (Wildman–Crippen MR) is 142 cm³/mol. The van der Waals surface area contributed by atoms with E-state index in [9.17, 15) is 8.78 Å². The molecule has 1 aromatic heterocycles. The molecule has 2 aromatic carbocycles. The zero-order valence-corrected chi connectivity index (χ0v) is 22.8. The van der Waals surface area contributed by atoms with Gasteiger partial charge in [0.05, 0.1) is 18.4 Å². The van der Waals surface area contributed by atoms with Crippen LogP contribution in [0.5, 0.6) is 11.5 Å². The molecule has 0 bridgehead atoms. The molecule has 1 unspecified atom stereocenters. The molecule has 0 spiro atoms. The standard InChI is InChI=1S/C29H35F3N4O2/c1-7-18(2)36-17-29(3,4)38-28-22(31)14-20(15-24(28)36)27-23(32)16-33-26(34-27)13-19-8-9-25(21(30)12-19)37-11-10-35(5)6/h8-9,12,14-16,18H,7,10-11,13,17H2,1-6H3. The number of nitrogens with zero attached hydrogens (tertiary/aromatic N) is 4. The highest BCUT2D eigenvalue weighted by molar-refractivity contribution is 5.72. The van der Waals surface area contributed by atoms with Gasteiger partial charge >= 0.3 is 0 Å². The van der Waals surface area contributed by atoms with Gasteiger partial charge in [-0.25, -0.2) is 23.1 Å². The number of hydrogen-bond donors (Lipinski definition) is 0. The first kappa shape index (κ1) is 27.7. The van der Waals surface area contributed by atoms with Crippen molar-refractivity contribution in [1.82, 2.24) is 14.9 Å². The SMILES string of the molecule is CCC(C)N1CC(C)(C)Oc2c(F)cc(-c3nc(Cc4ccc(OCCN(C)C)c(F)c4)ncc3F)cc21. The van der Waals surface area contributed by atoms with Crippen molar-refractivity contribution >= 4 is 5.69 Å². The maximum Gasteiger partial charge on any atom is 0.179 e. The van der Waals surface area contributed by atoms with Crippen LogP contribution in [0.25, 0.3) is 11.3 Å². The van der Waals surface area contributed by atoms with Crippen LogP contribution in [0.15, 0.2) is 36.5 Å². The molecular formula is C29H35F3N4O2. The van der Waals surface area contributed by atoms with Gasteiger partial charge in [0.25, 0.3) is 0 Å². The largest absolute Gasteiger partial charge is 0.489 e. The van der Waals surface area contributed by atoms with Gasteiger partial charge < -0.3 is 19.3 Å². The highest BCUT2D eigenvalue weighted by Crippen LogP contribution is 2.43. The molecule has 0 saturated carbocycles. The van der Waals surface area contributed by atoms with E-state index >= 15 is 4.39 Å². The van der Waals surface area contributed by atoms with E-state index < -0.39 is 23.1 Å². The van der Waals surface area contributed by atoms with Crippen molar-refractivity contribution in [3.63, 3.8) is 0 Å². The summed E-state index contributed by atoms with van der Waals surface area (Å²) in [7, 11) is 3.82. The van der Waals surface area contributed by atoms with Gasteiger partial charge in [-0.2, -0.15) is 0 Å². The van der Waals surface area contributed by atoms with Gasteiger partial charge in [-0.15, -0.1) is 0 Å². The molecule has 0 radical (unpaired) electrons. The first-order valence-electron chi connectivity index (χ1n) is 12.8. The van der Waals surface area contributed by atoms with E-state index in [4.69, 9.17) is 9.47 Å². The Labute approximate surface area is 222 Å². The van der Waals surface area contributed by atoms with Gasteiger partial charge in [-0.1, -0.05) is 13.0 Å². The topological polar surface area (TPSA) is 50.7 Å². The highest BCUT2D eigenvalue weighted by atomic mass is 19.1. The van der Waals surface area contributed by atoms with Gasteiger partial charge in [-0.05, 0) is 71.1 Å². The van der Waals surface area contributed by atoms with Crippen molar-refractivity contribution in [2.24, 2.45) is 0 Å². The minimum Gasteiger partial charge on any atom is -0.489 e. The molecule has 1 aliphatic heterocycles. The first-order chi connectivity index (χ1) is 18.0. The Morgan fingerprint density at radius 2 is 1.87 bits per heavy atom. The molecule has 38 heavy (non-hydrogen) atoms. The maximum absolute atomic E-state index is 15.3. The average Bonchev–Trinajstić information content (AvgIpc) is 2.85. The van der Waals surface area contributed by atoms with E-state index in [2.05, 4.69) is 28.7 Å². The van der Waals surface area contributed by atoms with Crippen LogP contribution < -0.4 is 14.4 Å². The summed E-state index contributed by atoms with van der Waals surface area (Å²) in [6.07, 6.45) is 2.09. The van der Waals surface area contributed by atoms with E-state index in [1.807, 2.05) is 32.8 Å². The molecule has 0 aliphatic carbocycles. The fourth-order valence-electron chi connectivity index (χ4n) is 4.43. The molecule has 0 amide bonds. The second-order valence-electron chi connectivity index (χ2n) is 10.6. The van der Waals surface area contributed by atoms with Crippen molar-refractivity contribution in [2.75, 3.05) is 38.7 Å². The van der Waals surface area contributed by atoms with Crippen molar-refractivity contribution in [3.8, 4) is 22.8 Å². The molecule has 6 nitrogen and oxygen atoms in total. The number of rotatable bonds is 9. The van der Waals surface area contributed by atoms with Gasteiger partial charge in [0.1, 0.15) is 23.7 Å². The maximum atomic E-state index is 15.3. The second-order valence-corrected chi connectivity index (χ2v) is 10.6. The van der Waals surface area contributed by atoms with Crippen molar-refractivity contribution in [2.45, 2.75) is 52.2 Å². The van der Waals surface area contributed by atoms with Crippen LogP contribution in [0.1, 0.15) is 45.5 Å². The molecule has 1 atom stereocenters. The summed E-state index contributed by atoms with van der Waals surface area (Å²) in [5, 5.41) is 0. The Morgan fingerprint density at radius 3 is 2.55 bits per heavy atom. The summed E-state index contributed by atoms with van der Waals surface area (Å²) in [4.78, 5) is 12.5. The van der Waals surface area contributed by atoms with Crippen LogP contribution in [-0.2, 0) is 6.42 Å². The van der Waals surface area contributed by atoms with E-state index in [-0.39, 0.29) is 41.0 Å². The van der Waals surface area contributed by atoms with Gasteiger partial charge in [0.15, 0.2) is 29.0 Å². The van der Waals surface area contributed by atoms with Crippen molar-refractivity contribution in [1.29, 1.82) is 0 Å². The number of benzene rings is 2. The van der Waals surface area contributed by atoms with E-state index in [0.29, 0.717) is 30.9 Å². The lowest BCUT2D eigenvalue weighted by atomic mass is 10.00.